The lowest BCUT2D eigenvalue weighted by Gasteiger charge is -2.57. The van der Waals surface area contributed by atoms with Crippen molar-refractivity contribution in [3.8, 4) is 0 Å². The molecular formula is C15H27ClN4O2. The summed E-state index contributed by atoms with van der Waals surface area (Å²) in [6, 6.07) is 0. The topological polar surface area (TPSA) is 82.2 Å². The van der Waals surface area contributed by atoms with Crippen LogP contribution in [-0.2, 0) is 23.0 Å². The molecule has 0 spiro atoms. The van der Waals surface area contributed by atoms with Gasteiger partial charge in [-0.3, -0.25) is 9.48 Å². The monoisotopic (exact) mass is 330 g/mol. The number of hydrogen-bond donors (Lipinski definition) is 2. The Balaban J connectivity index is 0.00000242. The normalized spacial score (nSPS) is 26.0. The first-order valence-corrected chi connectivity index (χ1v) is 7.47. The summed E-state index contributed by atoms with van der Waals surface area (Å²) in [6.07, 6.45) is 5.14. The van der Waals surface area contributed by atoms with Crippen LogP contribution in [-0.4, -0.2) is 40.5 Å². The largest absolute Gasteiger partial charge is 0.378 e. The molecule has 1 aromatic rings. The zero-order valence-corrected chi connectivity index (χ0v) is 14.6. The molecule has 0 bridgehead atoms. The maximum Gasteiger partial charge on any atom is 0.240 e. The molecule has 1 heterocycles. The van der Waals surface area contributed by atoms with Crippen molar-refractivity contribution in [2.75, 3.05) is 13.2 Å². The number of hydrogen-bond acceptors (Lipinski definition) is 4. The number of ether oxygens (including phenoxy) is 1. The van der Waals surface area contributed by atoms with E-state index in [-0.39, 0.29) is 29.8 Å². The Morgan fingerprint density at radius 3 is 2.77 bits per heavy atom. The molecule has 0 aliphatic heterocycles. The highest BCUT2D eigenvalue weighted by Gasteiger charge is 2.62. The van der Waals surface area contributed by atoms with Crippen LogP contribution in [0.5, 0.6) is 0 Å². The summed E-state index contributed by atoms with van der Waals surface area (Å²) in [5.74, 6) is -0.0904. The lowest BCUT2D eigenvalue weighted by Crippen LogP contribution is -2.75. The molecule has 0 aromatic carbocycles. The fraction of sp³-hybridized carbons (Fsp3) is 0.733. The van der Waals surface area contributed by atoms with Crippen LogP contribution in [0.2, 0.25) is 0 Å². The van der Waals surface area contributed by atoms with Crippen molar-refractivity contribution < 1.29 is 9.53 Å². The van der Waals surface area contributed by atoms with Crippen LogP contribution < -0.4 is 11.1 Å². The van der Waals surface area contributed by atoms with Crippen LogP contribution in [0.4, 0.5) is 0 Å². The smallest absolute Gasteiger partial charge is 0.240 e. The number of carbonyl (C=O) groups excluding carboxylic acids is 1. The van der Waals surface area contributed by atoms with Crippen LogP contribution in [0, 0.1) is 5.41 Å². The Kier molecular flexibility index (Phi) is 6.01. The van der Waals surface area contributed by atoms with Crippen molar-refractivity contribution in [2.45, 2.75) is 45.3 Å². The Hall–Kier alpha value is -1.11. The van der Waals surface area contributed by atoms with E-state index in [4.69, 9.17) is 10.5 Å². The fourth-order valence-electron chi connectivity index (χ4n) is 2.90. The first-order chi connectivity index (χ1) is 9.81. The van der Waals surface area contributed by atoms with Crippen LogP contribution in [0.25, 0.3) is 0 Å². The predicted octanol–water partition coefficient (Wildman–Crippen LogP) is 1.03. The minimum atomic E-state index is -0.845. The highest BCUT2D eigenvalue weighted by molar-refractivity contribution is 5.88. The van der Waals surface area contributed by atoms with Gasteiger partial charge in [-0.25, -0.2) is 0 Å². The Morgan fingerprint density at radius 2 is 2.27 bits per heavy atom. The van der Waals surface area contributed by atoms with E-state index in [1.165, 1.54) is 0 Å². The molecule has 0 saturated heterocycles. The van der Waals surface area contributed by atoms with Crippen LogP contribution in [0.3, 0.4) is 0 Å². The lowest BCUT2D eigenvalue weighted by atomic mass is 9.54. The molecule has 1 aromatic heterocycles. The zero-order valence-electron chi connectivity index (χ0n) is 13.8. The van der Waals surface area contributed by atoms with Gasteiger partial charge in [0.05, 0.1) is 12.3 Å². The van der Waals surface area contributed by atoms with Crippen LogP contribution in [0.15, 0.2) is 12.4 Å². The van der Waals surface area contributed by atoms with E-state index < -0.39 is 5.54 Å². The highest BCUT2D eigenvalue weighted by Crippen LogP contribution is 2.49. The van der Waals surface area contributed by atoms with Crippen molar-refractivity contribution >= 4 is 18.3 Å². The number of nitrogens with one attached hydrogen (secondary N) is 1. The minimum absolute atomic E-state index is 0. The number of carbonyl (C=O) groups is 1. The summed E-state index contributed by atoms with van der Waals surface area (Å²) in [5, 5.41) is 7.05. The Bertz CT molecular complexity index is 517. The molecule has 1 aliphatic rings. The highest BCUT2D eigenvalue weighted by atomic mass is 35.5. The van der Waals surface area contributed by atoms with Crippen molar-refractivity contribution in [1.82, 2.24) is 15.1 Å². The second-order valence-corrected chi connectivity index (χ2v) is 6.37. The van der Waals surface area contributed by atoms with E-state index in [2.05, 4.69) is 10.4 Å². The maximum atomic E-state index is 12.4. The van der Waals surface area contributed by atoms with Crippen LogP contribution in [0.1, 0.15) is 32.8 Å². The summed E-state index contributed by atoms with van der Waals surface area (Å²) in [7, 11) is 1.88. The third-order valence-electron chi connectivity index (χ3n) is 4.69. The van der Waals surface area contributed by atoms with E-state index in [0.29, 0.717) is 19.6 Å². The van der Waals surface area contributed by atoms with Gasteiger partial charge in [-0.05, 0) is 18.9 Å². The fourth-order valence-corrected chi connectivity index (χ4v) is 2.90. The summed E-state index contributed by atoms with van der Waals surface area (Å²) >= 11 is 0. The van der Waals surface area contributed by atoms with Gasteiger partial charge >= 0.3 is 0 Å². The maximum absolute atomic E-state index is 12.4. The summed E-state index contributed by atoms with van der Waals surface area (Å²) < 4.78 is 7.40. The molecule has 3 N–H and O–H groups in total. The molecule has 0 radical (unpaired) electrons. The van der Waals surface area contributed by atoms with Gasteiger partial charge in [0.2, 0.25) is 5.91 Å². The first kappa shape index (κ1) is 18.9. The zero-order chi connectivity index (χ0) is 15.7. The molecule has 1 saturated carbocycles. The van der Waals surface area contributed by atoms with Gasteiger partial charge in [0.25, 0.3) is 0 Å². The van der Waals surface area contributed by atoms with Gasteiger partial charge in [-0.1, -0.05) is 13.8 Å². The van der Waals surface area contributed by atoms with E-state index in [9.17, 15) is 4.79 Å². The molecule has 22 heavy (non-hydrogen) atoms. The molecule has 126 valence electrons. The van der Waals surface area contributed by atoms with Crippen molar-refractivity contribution in [3.63, 3.8) is 0 Å². The van der Waals surface area contributed by atoms with Gasteiger partial charge in [-0.2, -0.15) is 5.10 Å². The number of aromatic nitrogens is 2. The first-order valence-electron chi connectivity index (χ1n) is 7.47. The standard InChI is InChI=1S/C15H26N4O2.ClH/c1-5-21-12-8-15(16,14(12,2)3)13(20)17-7-6-11-9-18-19(4)10-11;/h9-10,12H,5-8,16H2,1-4H3,(H,17,20);1H. The van der Waals surface area contributed by atoms with Gasteiger partial charge in [0.1, 0.15) is 5.54 Å². The van der Waals surface area contributed by atoms with Gasteiger partial charge in [0.15, 0.2) is 0 Å². The lowest BCUT2D eigenvalue weighted by molar-refractivity contribution is -0.170. The number of rotatable bonds is 6. The van der Waals surface area contributed by atoms with E-state index in [0.717, 1.165) is 12.0 Å². The van der Waals surface area contributed by atoms with Gasteiger partial charge in [0, 0.05) is 38.2 Å². The second-order valence-electron chi connectivity index (χ2n) is 6.37. The number of halogens is 1. The predicted molar refractivity (Wildman–Crippen MR) is 87.9 cm³/mol. The van der Waals surface area contributed by atoms with E-state index in [1.807, 2.05) is 40.2 Å². The minimum Gasteiger partial charge on any atom is -0.378 e. The molecule has 2 unspecified atom stereocenters. The average molecular weight is 331 g/mol. The van der Waals surface area contributed by atoms with E-state index in [1.54, 1.807) is 4.68 Å². The van der Waals surface area contributed by atoms with Crippen LogP contribution >= 0.6 is 12.4 Å². The SMILES string of the molecule is CCOC1CC(N)(C(=O)NCCc2cnn(C)c2)C1(C)C.Cl. The molecule has 2 atom stereocenters. The van der Waals surface area contributed by atoms with Gasteiger partial charge in [-0.15, -0.1) is 12.4 Å². The molecule has 2 rings (SSSR count). The number of nitrogens with zero attached hydrogens (tertiary/aromatic N) is 2. The third-order valence-corrected chi connectivity index (χ3v) is 4.69. The molecule has 1 fully saturated rings. The number of amides is 1. The average Bonchev–Trinajstić information content (AvgIpc) is 2.83. The third kappa shape index (κ3) is 3.29. The number of aryl methyl sites for hydroxylation is 1. The molecule has 1 aliphatic carbocycles. The second kappa shape index (κ2) is 6.98. The quantitative estimate of drug-likeness (QED) is 0.816. The number of nitrogens with two attached hydrogens (primary N) is 1. The Morgan fingerprint density at radius 1 is 1.59 bits per heavy atom. The molecule has 6 nitrogen and oxygen atoms in total. The molecular weight excluding hydrogens is 304 g/mol. The summed E-state index contributed by atoms with van der Waals surface area (Å²) in [4.78, 5) is 12.4. The summed E-state index contributed by atoms with van der Waals surface area (Å²) in [5.41, 5.74) is 6.23. The molecule has 1 amide bonds. The molecule has 7 heteroatoms. The van der Waals surface area contributed by atoms with E-state index >= 15 is 0 Å². The van der Waals surface area contributed by atoms with Crippen molar-refractivity contribution in [3.05, 3.63) is 18.0 Å². The van der Waals surface area contributed by atoms with Crippen molar-refractivity contribution in [2.24, 2.45) is 18.2 Å². The van der Waals surface area contributed by atoms with Crippen molar-refractivity contribution in [1.29, 1.82) is 0 Å². The Labute approximate surface area is 138 Å². The van der Waals surface area contributed by atoms with Gasteiger partial charge < -0.3 is 15.8 Å². The summed E-state index contributed by atoms with van der Waals surface area (Å²) in [6.45, 7) is 7.17.